The number of aromatic nitrogens is 2. The molecule has 6 nitrogen and oxygen atoms in total. The average molecular weight is 332 g/mol. The minimum atomic E-state index is -0.0423. The number of urea groups is 1. The van der Waals surface area contributed by atoms with Crippen LogP contribution in [0, 0.1) is 0 Å². The fourth-order valence-electron chi connectivity index (χ4n) is 2.51. The predicted octanol–water partition coefficient (Wildman–Crippen LogP) is 2.96. The molecule has 1 aliphatic heterocycles. The van der Waals surface area contributed by atoms with E-state index >= 15 is 0 Å². The third-order valence-electron chi connectivity index (χ3n) is 3.63. The van der Waals surface area contributed by atoms with Crippen LogP contribution in [-0.2, 0) is 13.0 Å². The van der Waals surface area contributed by atoms with Crippen LogP contribution in [0.4, 0.5) is 16.4 Å². The van der Waals surface area contributed by atoms with E-state index < -0.39 is 0 Å². The Bertz CT molecular complexity index is 721. The number of halogens is 1. The minimum Gasteiger partial charge on any atom is -0.338 e. The van der Waals surface area contributed by atoms with Crippen LogP contribution in [0.5, 0.6) is 0 Å². The van der Waals surface area contributed by atoms with Gasteiger partial charge in [0, 0.05) is 42.0 Å². The molecular formula is C16H18ClN5O. The molecule has 1 aromatic carbocycles. The summed E-state index contributed by atoms with van der Waals surface area (Å²) in [5.41, 5.74) is 2.81. The van der Waals surface area contributed by atoms with Gasteiger partial charge < -0.3 is 15.5 Å². The average Bonchev–Trinajstić information content (AvgIpc) is 2.54. The number of nitrogens with one attached hydrogen (secondary N) is 2. The van der Waals surface area contributed by atoms with Gasteiger partial charge >= 0.3 is 6.03 Å². The first-order chi connectivity index (χ1) is 11.2. The molecule has 2 heterocycles. The van der Waals surface area contributed by atoms with Crippen molar-refractivity contribution in [1.29, 1.82) is 0 Å². The molecule has 0 saturated heterocycles. The summed E-state index contributed by atoms with van der Waals surface area (Å²) in [6.07, 6.45) is 2.50. The lowest BCUT2D eigenvalue weighted by atomic mass is 10.1. The molecule has 0 radical (unpaired) electrons. The van der Waals surface area contributed by atoms with E-state index in [4.69, 9.17) is 11.6 Å². The molecule has 23 heavy (non-hydrogen) atoms. The number of carbonyl (C=O) groups is 1. The summed E-state index contributed by atoms with van der Waals surface area (Å²) < 4.78 is 0. The first kappa shape index (κ1) is 15.6. The zero-order chi connectivity index (χ0) is 16.2. The molecule has 1 aromatic heterocycles. The van der Waals surface area contributed by atoms with Crippen LogP contribution in [0.1, 0.15) is 18.2 Å². The van der Waals surface area contributed by atoms with E-state index in [-0.39, 0.29) is 6.03 Å². The van der Waals surface area contributed by atoms with Gasteiger partial charge in [-0.1, -0.05) is 17.7 Å². The quantitative estimate of drug-likeness (QED) is 0.907. The zero-order valence-electron chi connectivity index (χ0n) is 12.8. The molecule has 0 bridgehead atoms. The number of hydrogen-bond donors (Lipinski definition) is 2. The molecule has 2 N–H and O–H groups in total. The Morgan fingerprint density at radius 3 is 3.09 bits per heavy atom. The van der Waals surface area contributed by atoms with Crippen molar-refractivity contribution in [3.8, 4) is 0 Å². The monoisotopic (exact) mass is 331 g/mol. The molecule has 0 atom stereocenters. The van der Waals surface area contributed by atoms with Gasteiger partial charge in [-0.25, -0.2) is 14.8 Å². The van der Waals surface area contributed by atoms with E-state index in [1.807, 2.05) is 31.2 Å². The van der Waals surface area contributed by atoms with Gasteiger partial charge in [-0.2, -0.15) is 0 Å². The Hall–Kier alpha value is -2.34. The molecular weight excluding hydrogens is 314 g/mol. The maximum atomic E-state index is 11.9. The highest BCUT2D eigenvalue weighted by atomic mass is 35.5. The van der Waals surface area contributed by atoms with Crippen LogP contribution < -0.4 is 10.6 Å². The van der Waals surface area contributed by atoms with Gasteiger partial charge in [0.15, 0.2) is 0 Å². The molecule has 2 amide bonds. The summed E-state index contributed by atoms with van der Waals surface area (Å²) in [7, 11) is 0. The van der Waals surface area contributed by atoms with Gasteiger partial charge in [-0.05, 0) is 25.1 Å². The lowest BCUT2D eigenvalue weighted by molar-refractivity contribution is 0.192. The maximum Gasteiger partial charge on any atom is 0.317 e. The SMILES string of the molecule is CCNC(=O)N1CCc2nc(Nc3cccc(Cl)c3)ncc2C1. The second-order valence-electron chi connectivity index (χ2n) is 5.31. The Morgan fingerprint density at radius 2 is 2.30 bits per heavy atom. The fraction of sp³-hybridized carbons (Fsp3) is 0.312. The van der Waals surface area contributed by atoms with Crippen molar-refractivity contribution in [1.82, 2.24) is 20.2 Å². The van der Waals surface area contributed by atoms with Crippen LogP contribution in [0.2, 0.25) is 5.02 Å². The van der Waals surface area contributed by atoms with Gasteiger partial charge in [-0.3, -0.25) is 0 Å². The zero-order valence-corrected chi connectivity index (χ0v) is 13.6. The maximum absolute atomic E-state index is 11.9. The molecule has 2 aromatic rings. The number of carbonyl (C=O) groups excluding carboxylic acids is 1. The normalized spacial score (nSPS) is 13.4. The van der Waals surface area contributed by atoms with E-state index in [2.05, 4.69) is 20.6 Å². The van der Waals surface area contributed by atoms with Gasteiger partial charge in [0.2, 0.25) is 5.95 Å². The summed E-state index contributed by atoms with van der Waals surface area (Å²) in [6.45, 7) is 3.74. The second-order valence-corrected chi connectivity index (χ2v) is 5.74. The predicted molar refractivity (Wildman–Crippen MR) is 90.0 cm³/mol. The third kappa shape index (κ3) is 3.71. The third-order valence-corrected chi connectivity index (χ3v) is 3.87. The van der Waals surface area contributed by atoms with E-state index in [0.29, 0.717) is 30.6 Å². The van der Waals surface area contributed by atoms with Crippen LogP contribution in [0.15, 0.2) is 30.5 Å². The molecule has 1 aliphatic rings. The summed E-state index contributed by atoms with van der Waals surface area (Å²) >= 11 is 5.97. The van der Waals surface area contributed by atoms with E-state index in [9.17, 15) is 4.79 Å². The van der Waals surface area contributed by atoms with Crippen molar-refractivity contribution >= 4 is 29.3 Å². The summed E-state index contributed by atoms with van der Waals surface area (Å²) in [4.78, 5) is 22.6. The number of fused-ring (bicyclic) bond motifs is 1. The first-order valence-corrected chi connectivity index (χ1v) is 7.93. The largest absolute Gasteiger partial charge is 0.338 e. The van der Waals surface area contributed by atoms with Crippen molar-refractivity contribution in [2.75, 3.05) is 18.4 Å². The van der Waals surface area contributed by atoms with Gasteiger partial charge in [0.25, 0.3) is 0 Å². The smallest absolute Gasteiger partial charge is 0.317 e. The Morgan fingerprint density at radius 1 is 1.43 bits per heavy atom. The lowest BCUT2D eigenvalue weighted by Gasteiger charge is -2.28. The number of rotatable bonds is 3. The molecule has 3 rings (SSSR count). The molecule has 7 heteroatoms. The van der Waals surface area contributed by atoms with E-state index in [1.54, 1.807) is 11.1 Å². The second kappa shape index (κ2) is 6.83. The van der Waals surface area contributed by atoms with E-state index in [0.717, 1.165) is 23.4 Å². The lowest BCUT2D eigenvalue weighted by Crippen LogP contribution is -2.42. The van der Waals surface area contributed by atoms with Crippen LogP contribution in [0.25, 0.3) is 0 Å². The van der Waals surface area contributed by atoms with Crippen LogP contribution >= 0.6 is 11.6 Å². The van der Waals surface area contributed by atoms with Crippen molar-refractivity contribution in [3.63, 3.8) is 0 Å². The molecule has 0 spiro atoms. The van der Waals surface area contributed by atoms with Crippen molar-refractivity contribution in [3.05, 3.63) is 46.7 Å². The summed E-state index contributed by atoms with van der Waals surface area (Å²) in [5.74, 6) is 0.539. The van der Waals surface area contributed by atoms with Crippen LogP contribution in [-0.4, -0.2) is 34.0 Å². The van der Waals surface area contributed by atoms with Gasteiger partial charge in [-0.15, -0.1) is 0 Å². The Labute approximate surface area is 139 Å². The number of anilines is 2. The minimum absolute atomic E-state index is 0.0423. The van der Waals surface area contributed by atoms with Crippen molar-refractivity contribution < 1.29 is 4.79 Å². The molecule has 0 fully saturated rings. The fourth-order valence-corrected chi connectivity index (χ4v) is 2.70. The number of hydrogen-bond acceptors (Lipinski definition) is 4. The summed E-state index contributed by atoms with van der Waals surface area (Å²) in [5, 5.41) is 6.62. The topological polar surface area (TPSA) is 70.2 Å². The molecule has 120 valence electrons. The Balaban J connectivity index is 1.73. The van der Waals surface area contributed by atoms with Crippen LogP contribution in [0.3, 0.4) is 0 Å². The highest BCUT2D eigenvalue weighted by Crippen LogP contribution is 2.21. The van der Waals surface area contributed by atoms with E-state index in [1.165, 1.54) is 0 Å². The van der Waals surface area contributed by atoms with Crippen molar-refractivity contribution in [2.24, 2.45) is 0 Å². The van der Waals surface area contributed by atoms with Crippen molar-refractivity contribution in [2.45, 2.75) is 19.9 Å². The first-order valence-electron chi connectivity index (χ1n) is 7.56. The number of nitrogens with zero attached hydrogens (tertiary/aromatic N) is 3. The summed E-state index contributed by atoms with van der Waals surface area (Å²) in [6, 6.07) is 7.37. The van der Waals surface area contributed by atoms with Gasteiger partial charge in [0.1, 0.15) is 0 Å². The Kier molecular flexibility index (Phi) is 4.62. The molecule has 0 aliphatic carbocycles. The molecule has 0 saturated carbocycles. The molecule has 0 unspecified atom stereocenters. The van der Waals surface area contributed by atoms with Gasteiger partial charge in [0.05, 0.1) is 12.2 Å². The standard InChI is InChI=1S/C16H18ClN5O/c1-2-18-16(23)22-7-6-14-11(10-22)9-19-15(21-14)20-13-5-3-4-12(17)8-13/h3-5,8-9H,2,6-7,10H2,1H3,(H,18,23)(H,19,20,21). The highest BCUT2D eigenvalue weighted by molar-refractivity contribution is 6.30. The number of benzene rings is 1. The highest BCUT2D eigenvalue weighted by Gasteiger charge is 2.21. The number of amides is 2.